The first-order valence-corrected chi connectivity index (χ1v) is 9.53. The minimum atomic E-state index is -4.32. The highest BCUT2D eigenvalue weighted by Crippen LogP contribution is 2.33. The number of halogens is 3. The fourth-order valence-corrected chi connectivity index (χ4v) is 3.61. The summed E-state index contributed by atoms with van der Waals surface area (Å²) in [6, 6.07) is 11.4. The Bertz CT molecular complexity index is 971. The molecular formula is C24H25F3N2. The molecule has 0 bridgehead atoms. The van der Waals surface area contributed by atoms with Gasteiger partial charge >= 0.3 is 6.18 Å². The van der Waals surface area contributed by atoms with Crippen LogP contribution in [-0.4, -0.2) is 12.7 Å². The Balaban J connectivity index is 1.79. The maximum atomic E-state index is 12.4. The summed E-state index contributed by atoms with van der Waals surface area (Å²) in [6.45, 7) is 13.0. The fraction of sp³-hybridized carbons (Fsp3) is 0.250. The number of nitrogens with one attached hydrogen (secondary N) is 1. The second-order valence-corrected chi connectivity index (χ2v) is 7.39. The summed E-state index contributed by atoms with van der Waals surface area (Å²) < 4.78 is 37.1. The standard InChI is InChI=1S/C24H25F3N2/c1-16(2)29-13-5-6-20-8-9-21(15-23(20)29)28-18(4)22-10-7-19(14-17(22)3)11-12-24(25,26)27/h7-12,14-15,28H,1,4-6,13H2,2-3H3/b12-11+. The van der Waals surface area contributed by atoms with Crippen molar-refractivity contribution >= 4 is 23.1 Å². The monoisotopic (exact) mass is 398 g/mol. The second-order valence-electron chi connectivity index (χ2n) is 7.39. The molecule has 0 unspecified atom stereocenters. The van der Waals surface area contributed by atoms with Crippen LogP contribution in [0.3, 0.4) is 0 Å². The molecule has 3 rings (SSSR count). The molecule has 2 aromatic rings. The van der Waals surface area contributed by atoms with Crippen LogP contribution < -0.4 is 10.2 Å². The van der Waals surface area contributed by atoms with Crippen LogP contribution in [0.2, 0.25) is 0 Å². The topological polar surface area (TPSA) is 15.3 Å². The van der Waals surface area contributed by atoms with Crippen LogP contribution in [0.1, 0.15) is 35.6 Å². The van der Waals surface area contributed by atoms with Crippen molar-refractivity contribution in [2.75, 3.05) is 16.8 Å². The van der Waals surface area contributed by atoms with E-state index in [0.29, 0.717) is 11.3 Å². The molecule has 0 atom stereocenters. The lowest BCUT2D eigenvalue weighted by Gasteiger charge is -2.32. The highest BCUT2D eigenvalue weighted by atomic mass is 19.4. The molecule has 1 N–H and O–H groups in total. The molecule has 1 aliphatic rings. The van der Waals surface area contributed by atoms with E-state index in [1.165, 1.54) is 5.56 Å². The van der Waals surface area contributed by atoms with Gasteiger partial charge in [0, 0.05) is 41.0 Å². The van der Waals surface area contributed by atoms with Crippen molar-refractivity contribution in [3.05, 3.63) is 83.6 Å². The number of alkyl halides is 3. The average molecular weight is 398 g/mol. The van der Waals surface area contributed by atoms with Gasteiger partial charge in [0.15, 0.2) is 0 Å². The number of hydrogen-bond acceptors (Lipinski definition) is 2. The minimum Gasteiger partial charge on any atom is -0.355 e. The van der Waals surface area contributed by atoms with E-state index in [1.807, 2.05) is 19.9 Å². The number of aryl methyl sites for hydroxylation is 2. The van der Waals surface area contributed by atoms with Crippen LogP contribution in [0.4, 0.5) is 24.5 Å². The van der Waals surface area contributed by atoms with E-state index >= 15 is 0 Å². The Labute approximate surface area is 170 Å². The van der Waals surface area contributed by atoms with Crippen molar-refractivity contribution in [1.82, 2.24) is 0 Å². The molecule has 0 spiro atoms. The Morgan fingerprint density at radius 3 is 2.55 bits per heavy atom. The van der Waals surface area contributed by atoms with Crippen molar-refractivity contribution in [3.63, 3.8) is 0 Å². The number of benzene rings is 2. The third-order valence-corrected chi connectivity index (χ3v) is 5.00. The van der Waals surface area contributed by atoms with Gasteiger partial charge in [0.25, 0.3) is 0 Å². The average Bonchev–Trinajstić information content (AvgIpc) is 2.65. The summed E-state index contributed by atoms with van der Waals surface area (Å²) in [5.41, 5.74) is 7.31. The van der Waals surface area contributed by atoms with Gasteiger partial charge in [0.2, 0.25) is 0 Å². The van der Waals surface area contributed by atoms with E-state index in [0.717, 1.165) is 53.7 Å². The maximum absolute atomic E-state index is 12.4. The van der Waals surface area contributed by atoms with Crippen LogP contribution in [0.5, 0.6) is 0 Å². The van der Waals surface area contributed by atoms with Crippen LogP contribution in [0, 0.1) is 6.92 Å². The van der Waals surface area contributed by atoms with Gasteiger partial charge < -0.3 is 10.2 Å². The van der Waals surface area contributed by atoms with Crippen molar-refractivity contribution in [2.24, 2.45) is 0 Å². The van der Waals surface area contributed by atoms with Gasteiger partial charge in [-0.3, -0.25) is 0 Å². The predicted molar refractivity (Wildman–Crippen MR) is 116 cm³/mol. The van der Waals surface area contributed by atoms with Crippen molar-refractivity contribution < 1.29 is 13.2 Å². The lowest BCUT2D eigenvalue weighted by molar-refractivity contribution is -0.0790. The van der Waals surface area contributed by atoms with Gasteiger partial charge in [-0.15, -0.1) is 0 Å². The van der Waals surface area contributed by atoms with Crippen LogP contribution in [0.25, 0.3) is 11.8 Å². The number of anilines is 2. The Morgan fingerprint density at radius 1 is 1.14 bits per heavy atom. The van der Waals surface area contributed by atoms with Gasteiger partial charge in [-0.05, 0) is 55.5 Å². The Morgan fingerprint density at radius 2 is 1.90 bits per heavy atom. The molecule has 0 amide bonds. The molecule has 0 radical (unpaired) electrons. The van der Waals surface area contributed by atoms with Crippen molar-refractivity contribution in [1.29, 1.82) is 0 Å². The molecule has 2 nitrogen and oxygen atoms in total. The highest BCUT2D eigenvalue weighted by molar-refractivity contribution is 5.79. The summed E-state index contributed by atoms with van der Waals surface area (Å²) in [7, 11) is 0. The van der Waals surface area contributed by atoms with E-state index in [-0.39, 0.29) is 6.08 Å². The highest BCUT2D eigenvalue weighted by Gasteiger charge is 2.22. The first-order valence-electron chi connectivity index (χ1n) is 9.53. The molecule has 0 fully saturated rings. The van der Waals surface area contributed by atoms with Crippen LogP contribution in [0.15, 0.2) is 61.3 Å². The maximum Gasteiger partial charge on any atom is 0.409 e. The molecule has 0 aliphatic carbocycles. The van der Waals surface area contributed by atoms with E-state index in [2.05, 4.69) is 35.5 Å². The van der Waals surface area contributed by atoms with Gasteiger partial charge in [0.1, 0.15) is 0 Å². The molecule has 29 heavy (non-hydrogen) atoms. The molecular weight excluding hydrogens is 373 g/mol. The molecule has 0 saturated carbocycles. The quantitative estimate of drug-likeness (QED) is 0.587. The summed E-state index contributed by atoms with van der Waals surface area (Å²) in [5.74, 6) is 0. The Kier molecular flexibility index (Phi) is 5.87. The molecule has 1 aliphatic heterocycles. The third-order valence-electron chi connectivity index (χ3n) is 5.00. The molecule has 5 heteroatoms. The van der Waals surface area contributed by atoms with E-state index in [4.69, 9.17) is 0 Å². The van der Waals surface area contributed by atoms with Crippen LogP contribution >= 0.6 is 0 Å². The molecule has 2 aromatic carbocycles. The van der Waals surface area contributed by atoms with Gasteiger partial charge in [-0.25, -0.2) is 0 Å². The fourth-order valence-electron chi connectivity index (χ4n) is 3.61. The summed E-state index contributed by atoms with van der Waals surface area (Å²) in [4.78, 5) is 2.22. The molecule has 0 aromatic heterocycles. The normalized spacial score (nSPS) is 14.0. The van der Waals surface area contributed by atoms with Crippen LogP contribution in [-0.2, 0) is 6.42 Å². The lowest BCUT2D eigenvalue weighted by atomic mass is 10.00. The Hall–Kier alpha value is -2.95. The van der Waals surface area contributed by atoms with Gasteiger partial charge in [-0.1, -0.05) is 43.5 Å². The lowest BCUT2D eigenvalue weighted by Crippen LogP contribution is -2.27. The van der Waals surface area contributed by atoms with Crippen molar-refractivity contribution in [3.8, 4) is 0 Å². The molecule has 1 heterocycles. The van der Waals surface area contributed by atoms with E-state index in [9.17, 15) is 13.2 Å². The zero-order chi connectivity index (χ0) is 21.2. The number of fused-ring (bicyclic) bond motifs is 1. The number of nitrogens with zero attached hydrogens (tertiary/aromatic N) is 1. The SMILES string of the molecule is C=C(Nc1ccc2c(c1)N(C(=C)C)CCC2)c1ccc(/C=C/C(F)(F)F)cc1C. The number of allylic oxidation sites excluding steroid dienone is 2. The zero-order valence-electron chi connectivity index (χ0n) is 16.7. The predicted octanol–water partition coefficient (Wildman–Crippen LogP) is 6.94. The van der Waals surface area contributed by atoms with Gasteiger partial charge in [-0.2, -0.15) is 13.2 Å². The summed E-state index contributed by atoms with van der Waals surface area (Å²) in [6.07, 6.45) is -0.848. The summed E-state index contributed by atoms with van der Waals surface area (Å²) in [5, 5.41) is 3.34. The first-order chi connectivity index (χ1) is 13.6. The first kappa shape index (κ1) is 20.8. The molecule has 152 valence electrons. The second kappa shape index (κ2) is 8.19. The zero-order valence-corrected chi connectivity index (χ0v) is 16.7. The molecule has 0 saturated heterocycles. The van der Waals surface area contributed by atoms with Gasteiger partial charge in [0.05, 0.1) is 0 Å². The van der Waals surface area contributed by atoms with Crippen molar-refractivity contribution in [2.45, 2.75) is 32.9 Å². The minimum absolute atomic E-state index is 0.245. The third kappa shape index (κ3) is 5.11. The summed E-state index contributed by atoms with van der Waals surface area (Å²) >= 11 is 0. The largest absolute Gasteiger partial charge is 0.409 e. The van der Waals surface area contributed by atoms with E-state index in [1.54, 1.807) is 18.2 Å². The number of hydrogen-bond donors (Lipinski definition) is 1. The number of rotatable bonds is 5. The smallest absolute Gasteiger partial charge is 0.355 e. The van der Waals surface area contributed by atoms with E-state index < -0.39 is 6.18 Å².